The molecule has 1 aliphatic rings. The van der Waals surface area contributed by atoms with Crippen molar-refractivity contribution in [1.29, 1.82) is 0 Å². The molecule has 0 spiro atoms. The van der Waals surface area contributed by atoms with Crippen molar-refractivity contribution in [3.63, 3.8) is 0 Å². The molecule has 2 rings (SSSR count). The number of piperidine rings is 1. The standard InChI is InChI=1S/C11H17N5OS/c1-18-11-14-8(12)5-9(15-11)16-4-2-3-7(6-16)10(13)17/h5,7H,2-4,6H2,1H3,(H2,13,17)(H2,12,14,15). The second kappa shape index (κ2) is 5.43. The largest absolute Gasteiger partial charge is 0.383 e. The molecule has 0 saturated carbocycles. The quantitative estimate of drug-likeness (QED) is 0.610. The van der Waals surface area contributed by atoms with Gasteiger partial charge in [0.1, 0.15) is 11.6 Å². The number of nitrogens with two attached hydrogens (primary N) is 2. The van der Waals surface area contributed by atoms with E-state index < -0.39 is 0 Å². The molecule has 1 amide bonds. The molecule has 6 nitrogen and oxygen atoms in total. The van der Waals surface area contributed by atoms with E-state index in [-0.39, 0.29) is 11.8 Å². The van der Waals surface area contributed by atoms with E-state index in [1.807, 2.05) is 6.26 Å². The smallest absolute Gasteiger partial charge is 0.222 e. The summed E-state index contributed by atoms with van der Waals surface area (Å²) < 4.78 is 0. The number of hydrogen-bond donors (Lipinski definition) is 2. The molecule has 1 fully saturated rings. The molecule has 0 aliphatic carbocycles. The van der Waals surface area contributed by atoms with Gasteiger partial charge in [-0.1, -0.05) is 11.8 Å². The Morgan fingerprint density at radius 2 is 2.33 bits per heavy atom. The topological polar surface area (TPSA) is 98.1 Å². The summed E-state index contributed by atoms with van der Waals surface area (Å²) in [5, 5.41) is 0.645. The first kappa shape index (κ1) is 12.9. The van der Waals surface area contributed by atoms with Crippen molar-refractivity contribution in [3.8, 4) is 0 Å². The van der Waals surface area contributed by atoms with Crippen LogP contribution in [0.15, 0.2) is 11.2 Å². The maximum Gasteiger partial charge on any atom is 0.222 e. The SMILES string of the molecule is CSc1nc(N)cc(N2CCCC(C(N)=O)C2)n1. The fourth-order valence-corrected chi connectivity index (χ4v) is 2.48. The number of anilines is 2. The number of hydrogen-bond acceptors (Lipinski definition) is 6. The van der Waals surface area contributed by atoms with Crippen LogP contribution in [0.1, 0.15) is 12.8 Å². The van der Waals surface area contributed by atoms with E-state index in [0.717, 1.165) is 25.2 Å². The van der Waals surface area contributed by atoms with Crippen LogP contribution >= 0.6 is 11.8 Å². The molecule has 1 aliphatic heterocycles. The third-order valence-corrected chi connectivity index (χ3v) is 3.59. The Morgan fingerprint density at radius 1 is 1.56 bits per heavy atom. The lowest BCUT2D eigenvalue weighted by Crippen LogP contribution is -2.41. The van der Waals surface area contributed by atoms with Gasteiger partial charge in [0.2, 0.25) is 5.91 Å². The lowest BCUT2D eigenvalue weighted by atomic mass is 9.97. The molecule has 98 valence electrons. The predicted octanol–water partition coefficient (Wildman–Crippen LogP) is 0.482. The Morgan fingerprint density at radius 3 is 3.00 bits per heavy atom. The Labute approximate surface area is 110 Å². The van der Waals surface area contributed by atoms with E-state index >= 15 is 0 Å². The van der Waals surface area contributed by atoms with E-state index in [1.54, 1.807) is 6.07 Å². The van der Waals surface area contributed by atoms with E-state index in [1.165, 1.54) is 11.8 Å². The van der Waals surface area contributed by atoms with E-state index in [0.29, 0.717) is 17.5 Å². The van der Waals surface area contributed by atoms with Crippen molar-refractivity contribution in [3.05, 3.63) is 6.07 Å². The van der Waals surface area contributed by atoms with Crippen molar-refractivity contribution < 1.29 is 4.79 Å². The molecule has 1 atom stereocenters. The van der Waals surface area contributed by atoms with Gasteiger partial charge in [-0.3, -0.25) is 4.79 Å². The normalized spacial score (nSPS) is 19.8. The summed E-state index contributed by atoms with van der Waals surface area (Å²) in [7, 11) is 0. The number of aromatic nitrogens is 2. The molecule has 1 aromatic heterocycles. The molecule has 0 radical (unpaired) electrons. The summed E-state index contributed by atoms with van der Waals surface area (Å²) in [6.07, 6.45) is 3.69. The summed E-state index contributed by atoms with van der Waals surface area (Å²) in [5.41, 5.74) is 11.1. The van der Waals surface area contributed by atoms with Crippen LogP contribution in [0.2, 0.25) is 0 Å². The lowest BCUT2D eigenvalue weighted by molar-refractivity contribution is -0.122. The third kappa shape index (κ3) is 2.84. The molecule has 1 saturated heterocycles. The monoisotopic (exact) mass is 267 g/mol. The molecule has 2 heterocycles. The highest BCUT2D eigenvalue weighted by molar-refractivity contribution is 7.98. The molecule has 0 aromatic carbocycles. The van der Waals surface area contributed by atoms with Crippen LogP contribution in [-0.2, 0) is 4.79 Å². The zero-order valence-corrected chi connectivity index (χ0v) is 11.1. The van der Waals surface area contributed by atoms with Gasteiger partial charge in [-0.25, -0.2) is 9.97 Å². The highest BCUT2D eigenvalue weighted by Gasteiger charge is 2.25. The molecule has 18 heavy (non-hydrogen) atoms. The number of carbonyl (C=O) groups is 1. The van der Waals surface area contributed by atoms with Gasteiger partial charge >= 0.3 is 0 Å². The van der Waals surface area contributed by atoms with Gasteiger partial charge in [0.05, 0.1) is 5.92 Å². The summed E-state index contributed by atoms with van der Waals surface area (Å²) in [4.78, 5) is 21.8. The predicted molar refractivity (Wildman–Crippen MR) is 72.4 cm³/mol. The first-order chi connectivity index (χ1) is 8.60. The fraction of sp³-hybridized carbons (Fsp3) is 0.545. The van der Waals surface area contributed by atoms with Crippen LogP contribution < -0.4 is 16.4 Å². The van der Waals surface area contributed by atoms with Gasteiger partial charge < -0.3 is 16.4 Å². The van der Waals surface area contributed by atoms with Crippen molar-refractivity contribution in [2.75, 3.05) is 30.0 Å². The Bertz CT molecular complexity index is 453. The number of rotatable bonds is 3. The van der Waals surface area contributed by atoms with Crippen LogP contribution in [0.25, 0.3) is 0 Å². The Hall–Kier alpha value is -1.50. The minimum absolute atomic E-state index is 0.104. The van der Waals surface area contributed by atoms with Crippen LogP contribution in [0, 0.1) is 5.92 Å². The van der Waals surface area contributed by atoms with Crippen molar-refractivity contribution in [2.24, 2.45) is 11.7 Å². The second-order valence-corrected chi connectivity index (χ2v) is 5.10. The summed E-state index contributed by atoms with van der Waals surface area (Å²) >= 11 is 1.45. The van der Waals surface area contributed by atoms with Gasteiger partial charge in [0.15, 0.2) is 5.16 Å². The molecule has 1 aromatic rings. The highest BCUT2D eigenvalue weighted by atomic mass is 32.2. The number of thioether (sulfide) groups is 1. The van der Waals surface area contributed by atoms with Gasteiger partial charge in [0.25, 0.3) is 0 Å². The Balaban J connectivity index is 2.20. The summed E-state index contributed by atoms with van der Waals surface area (Å²) in [6.45, 7) is 1.48. The number of amides is 1. The van der Waals surface area contributed by atoms with Crippen molar-refractivity contribution >= 4 is 29.3 Å². The Kier molecular flexibility index (Phi) is 3.90. The van der Waals surface area contributed by atoms with Gasteiger partial charge in [0, 0.05) is 19.2 Å². The molecule has 1 unspecified atom stereocenters. The molecular formula is C11H17N5OS. The van der Waals surface area contributed by atoms with Crippen molar-refractivity contribution in [2.45, 2.75) is 18.0 Å². The minimum Gasteiger partial charge on any atom is -0.383 e. The molecular weight excluding hydrogens is 250 g/mol. The van der Waals surface area contributed by atoms with Crippen LogP contribution in [-0.4, -0.2) is 35.2 Å². The lowest BCUT2D eigenvalue weighted by Gasteiger charge is -2.32. The van der Waals surface area contributed by atoms with Crippen LogP contribution in [0.3, 0.4) is 0 Å². The van der Waals surface area contributed by atoms with Gasteiger partial charge in [-0.2, -0.15) is 0 Å². The summed E-state index contributed by atoms with van der Waals surface area (Å²) in [5.74, 6) is 0.878. The first-order valence-electron chi connectivity index (χ1n) is 5.83. The fourth-order valence-electron chi connectivity index (χ4n) is 2.10. The number of primary amides is 1. The third-order valence-electron chi connectivity index (χ3n) is 3.04. The number of nitrogen functional groups attached to an aromatic ring is 1. The average molecular weight is 267 g/mol. The van der Waals surface area contributed by atoms with Crippen LogP contribution in [0.4, 0.5) is 11.6 Å². The first-order valence-corrected chi connectivity index (χ1v) is 7.05. The van der Waals surface area contributed by atoms with E-state index in [4.69, 9.17) is 11.5 Å². The van der Waals surface area contributed by atoms with Crippen LogP contribution in [0.5, 0.6) is 0 Å². The van der Waals surface area contributed by atoms with Gasteiger partial charge in [-0.05, 0) is 19.1 Å². The zero-order chi connectivity index (χ0) is 13.1. The second-order valence-electron chi connectivity index (χ2n) is 4.33. The molecule has 7 heteroatoms. The van der Waals surface area contributed by atoms with E-state index in [2.05, 4.69) is 14.9 Å². The maximum atomic E-state index is 11.3. The maximum absolute atomic E-state index is 11.3. The van der Waals surface area contributed by atoms with Gasteiger partial charge in [-0.15, -0.1) is 0 Å². The molecule has 0 bridgehead atoms. The highest BCUT2D eigenvalue weighted by Crippen LogP contribution is 2.24. The number of carbonyl (C=O) groups excluding carboxylic acids is 1. The molecule has 4 N–H and O–H groups in total. The minimum atomic E-state index is -0.244. The zero-order valence-electron chi connectivity index (χ0n) is 10.3. The summed E-state index contributed by atoms with van der Waals surface area (Å²) in [6, 6.07) is 1.74. The van der Waals surface area contributed by atoms with Crippen molar-refractivity contribution in [1.82, 2.24) is 9.97 Å². The van der Waals surface area contributed by atoms with E-state index in [9.17, 15) is 4.79 Å². The number of nitrogens with zero attached hydrogens (tertiary/aromatic N) is 3. The average Bonchev–Trinajstić information content (AvgIpc) is 2.38.